The van der Waals surface area contributed by atoms with E-state index in [0.29, 0.717) is 22.5 Å². The van der Waals surface area contributed by atoms with E-state index in [-0.39, 0.29) is 5.56 Å². The maximum absolute atomic E-state index is 15.3. The second-order valence-electron chi connectivity index (χ2n) is 14.8. The summed E-state index contributed by atoms with van der Waals surface area (Å²) in [5.41, 5.74) is 10.7. The number of nitriles is 1. The van der Waals surface area contributed by atoms with E-state index in [2.05, 4.69) is 68.4 Å². The molecule has 10 rings (SSSR count). The largest absolute Gasteiger partial charge is 0.417 e. The van der Waals surface area contributed by atoms with Crippen molar-refractivity contribution in [2.45, 2.75) is 20.0 Å². The van der Waals surface area contributed by atoms with Crippen molar-refractivity contribution in [3.05, 3.63) is 192 Å². The summed E-state index contributed by atoms with van der Waals surface area (Å²) in [6.45, 7) is 4.17. The van der Waals surface area contributed by atoms with Gasteiger partial charge in [-0.25, -0.2) is 0 Å². The third-order valence-electron chi connectivity index (χ3n) is 11.5. The van der Waals surface area contributed by atoms with Gasteiger partial charge in [0.2, 0.25) is 0 Å². The Hall–Kier alpha value is -7.36. The SMILES string of the molecule is Cc1ccccc1-c1ccc2c(c1)c1ccccc1n2-c1cc(C#N)cc(-n2c3ccccc3c3cc(-c4ccccc4C)ccc32)c1-c1ccccc1C(F)(F)F. The minimum absolute atomic E-state index is 0.0226. The molecular weight excluding hydrogens is 724 g/mol. The van der Waals surface area contributed by atoms with E-state index in [1.807, 2.05) is 94.1 Å². The molecule has 0 aliphatic heterocycles. The zero-order valence-corrected chi connectivity index (χ0v) is 31.6. The lowest BCUT2D eigenvalue weighted by Gasteiger charge is -2.23. The van der Waals surface area contributed by atoms with Gasteiger partial charge in [0.1, 0.15) is 0 Å². The maximum Gasteiger partial charge on any atom is 0.417 e. The smallest absolute Gasteiger partial charge is 0.308 e. The number of halogens is 3. The van der Waals surface area contributed by atoms with E-state index in [1.165, 1.54) is 6.07 Å². The summed E-state index contributed by atoms with van der Waals surface area (Å²) in [7, 11) is 0. The van der Waals surface area contributed by atoms with Crippen molar-refractivity contribution in [3.63, 3.8) is 0 Å². The summed E-state index contributed by atoms with van der Waals surface area (Å²) in [5, 5.41) is 14.5. The fraction of sp³-hybridized carbons (Fsp3) is 0.0577. The molecule has 8 aromatic carbocycles. The molecule has 0 saturated heterocycles. The molecule has 0 spiro atoms. The number of hydrogen-bond donors (Lipinski definition) is 0. The fourth-order valence-electron chi connectivity index (χ4n) is 8.85. The molecule has 0 aliphatic carbocycles. The van der Waals surface area contributed by atoms with E-state index < -0.39 is 11.7 Å². The van der Waals surface area contributed by atoms with Crippen molar-refractivity contribution in [2.75, 3.05) is 0 Å². The standard InChI is InChI=1S/C52H34F3N3/c1-32-13-3-5-15-37(32)35-23-25-47-42(29-35)39-17-8-11-21-45(39)57(47)49-27-34(31-56)28-50(51(49)41-19-7-10-20-44(41)52(53,54)55)58-46-22-12-9-18-40(46)43-30-36(24-26-48(43)58)38-16-6-4-14-33(38)2/h3-30H,1-2H3. The van der Waals surface area contributed by atoms with Crippen LogP contribution in [0.1, 0.15) is 22.3 Å². The number of fused-ring (bicyclic) bond motifs is 6. The molecule has 2 heterocycles. The summed E-state index contributed by atoms with van der Waals surface area (Å²) in [4.78, 5) is 0. The first kappa shape index (κ1) is 35.1. The van der Waals surface area contributed by atoms with Gasteiger partial charge in [0, 0.05) is 27.1 Å². The Morgan fingerprint density at radius 3 is 1.33 bits per heavy atom. The van der Waals surface area contributed by atoms with Gasteiger partial charge in [0.25, 0.3) is 0 Å². The van der Waals surface area contributed by atoms with Crippen molar-refractivity contribution in [1.29, 1.82) is 5.26 Å². The number of aryl methyl sites for hydroxylation is 2. The number of hydrogen-bond acceptors (Lipinski definition) is 1. The minimum atomic E-state index is -4.66. The zero-order valence-electron chi connectivity index (χ0n) is 31.6. The molecule has 58 heavy (non-hydrogen) atoms. The van der Waals surface area contributed by atoms with E-state index in [4.69, 9.17) is 0 Å². The van der Waals surface area contributed by atoms with Gasteiger partial charge in [-0.05, 0) is 107 Å². The average Bonchev–Trinajstić information content (AvgIpc) is 3.75. The highest BCUT2D eigenvalue weighted by atomic mass is 19.4. The van der Waals surface area contributed by atoms with Crippen LogP contribution in [-0.2, 0) is 6.18 Å². The van der Waals surface area contributed by atoms with E-state index >= 15 is 13.2 Å². The summed E-state index contributed by atoms with van der Waals surface area (Å²) < 4.78 is 49.8. The van der Waals surface area contributed by atoms with Crippen LogP contribution < -0.4 is 0 Å². The van der Waals surface area contributed by atoms with Gasteiger partial charge in [0.15, 0.2) is 0 Å². The molecule has 0 unspecified atom stereocenters. The second-order valence-corrected chi connectivity index (χ2v) is 14.8. The van der Waals surface area contributed by atoms with Crippen LogP contribution in [0.3, 0.4) is 0 Å². The molecule has 0 amide bonds. The first-order chi connectivity index (χ1) is 28.2. The van der Waals surface area contributed by atoms with Crippen molar-refractivity contribution < 1.29 is 13.2 Å². The van der Waals surface area contributed by atoms with Gasteiger partial charge in [-0.2, -0.15) is 18.4 Å². The number of rotatable bonds is 5. The van der Waals surface area contributed by atoms with Gasteiger partial charge in [0.05, 0.1) is 50.6 Å². The quantitative estimate of drug-likeness (QED) is 0.172. The monoisotopic (exact) mass is 757 g/mol. The number of benzene rings is 8. The lowest BCUT2D eigenvalue weighted by Crippen LogP contribution is -2.10. The molecule has 3 nitrogen and oxygen atoms in total. The van der Waals surface area contributed by atoms with Gasteiger partial charge in [-0.15, -0.1) is 0 Å². The van der Waals surface area contributed by atoms with E-state index in [1.54, 1.807) is 24.3 Å². The second kappa shape index (κ2) is 13.4. The molecule has 0 aliphatic rings. The van der Waals surface area contributed by atoms with Gasteiger partial charge in [-0.1, -0.05) is 115 Å². The summed E-state index contributed by atoms with van der Waals surface area (Å²) in [6.07, 6.45) is -4.66. The predicted octanol–water partition coefficient (Wildman–Crippen LogP) is 14.4. The van der Waals surface area contributed by atoms with Crippen LogP contribution in [0.4, 0.5) is 13.2 Å². The lowest BCUT2D eigenvalue weighted by atomic mass is 9.94. The van der Waals surface area contributed by atoms with Gasteiger partial charge in [-0.3, -0.25) is 0 Å². The molecule has 0 fully saturated rings. The Morgan fingerprint density at radius 2 is 0.862 bits per heavy atom. The Balaban J connectivity index is 1.35. The zero-order chi connectivity index (χ0) is 39.7. The molecule has 0 bridgehead atoms. The third kappa shape index (κ3) is 5.50. The topological polar surface area (TPSA) is 33.6 Å². The van der Waals surface area contributed by atoms with Crippen LogP contribution in [0.5, 0.6) is 0 Å². The highest BCUT2D eigenvalue weighted by molar-refractivity contribution is 6.13. The number of nitrogens with zero attached hydrogens (tertiary/aromatic N) is 3. The Bertz CT molecular complexity index is 3140. The Morgan fingerprint density at radius 1 is 0.448 bits per heavy atom. The fourth-order valence-corrected chi connectivity index (χ4v) is 8.85. The van der Waals surface area contributed by atoms with Crippen molar-refractivity contribution in [3.8, 4) is 50.8 Å². The predicted molar refractivity (Wildman–Crippen MR) is 231 cm³/mol. The van der Waals surface area contributed by atoms with Crippen LogP contribution in [0.2, 0.25) is 0 Å². The van der Waals surface area contributed by atoms with Crippen LogP contribution in [0, 0.1) is 25.2 Å². The molecular formula is C52H34F3N3. The first-order valence-corrected chi connectivity index (χ1v) is 19.1. The van der Waals surface area contributed by atoms with Crippen molar-refractivity contribution >= 4 is 43.6 Å². The van der Waals surface area contributed by atoms with Crippen molar-refractivity contribution in [1.82, 2.24) is 9.13 Å². The molecule has 10 aromatic rings. The summed E-state index contributed by atoms with van der Waals surface area (Å²) in [6, 6.07) is 56.5. The lowest BCUT2D eigenvalue weighted by molar-refractivity contribution is -0.137. The minimum Gasteiger partial charge on any atom is -0.308 e. The highest BCUT2D eigenvalue weighted by Crippen LogP contribution is 2.47. The molecule has 278 valence electrons. The van der Waals surface area contributed by atoms with Crippen LogP contribution in [0.25, 0.3) is 88.4 Å². The first-order valence-electron chi connectivity index (χ1n) is 19.1. The maximum atomic E-state index is 15.3. The van der Waals surface area contributed by atoms with Crippen LogP contribution in [0.15, 0.2) is 170 Å². The number of para-hydroxylation sites is 2. The normalized spacial score (nSPS) is 11.9. The van der Waals surface area contributed by atoms with E-state index in [9.17, 15) is 5.26 Å². The molecule has 0 N–H and O–H groups in total. The molecule has 0 saturated carbocycles. The number of alkyl halides is 3. The summed E-state index contributed by atoms with van der Waals surface area (Å²) >= 11 is 0. The molecule has 0 atom stereocenters. The third-order valence-corrected chi connectivity index (χ3v) is 11.5. The Labute approximate surface area is 333 Å². The highest BCUT2D eigenvalue weighted by Gasteiger charge is 2.35. The average molecular weight is 758 g/mol. The van der Waals surface area contributed by atoms with E-state index in [0.717, 1.165) is 83.1 Å². The molecule has 2 aromatic heterocycles. The van der Waals surface area contributed by atoms with Gasteiger partial charge < -0.3 is 9.13 Å². The summed E-state index contributed by atoms with van der Waals surface area (Å²) in [5.74, 6) is 0. The number of aromatic nitrogens is 2. The molecule has 0 radical (unpaired) electrons. The Kier molecular flexibility index (Phi) is 8.10. The van der Waals surface area contributed by atoms with Gasteiger partial charge >= 0.3 is 6.18 Å². The molecule has 6 heteroatoms. The van der Waals surface area contributed by atoms with Crippen molar-refractivity contribution in [2.24, 2.45) is 0 Å². The van der Waals surface area contributed by atoms with Crippen LogP contribution in [-0.4, -0.2) is 9.13 Å². The van der Waals surface area contributed by atoms with Crippen LogP contribution >= 0.6 is 0 Å².